The lowest BCUT2D eigenvalue weighted by Gasteiger charge is -2.10. The van der Waals surface area contributed by atoms with Gasteiger partial charge in [0, 0.05) is 5.41 Å². The molecule has 0 atom stereocenters. The third-order valence-electron chi connectivity index (χ3n) is 0.970. The van der Waals surface area contributed by atoms with Crippen molar-refractivity contribution in [2.24, 2.45) is 0 Å². The van der Waals surface area contributed by atoms with Gasteiger partial charge >= 0.3 is 0 Å². The fourth-order valence-electron chi connectivity index (χ4n) is 0.419. The second-order valence-electron chi connectivity index (χ2n) is 2.93. The molecule has 4 heteroatoms. The fourth-order valence-corrected chi connectivity index (χ4v) is 0.957. The molecular weight excluding hydrogens is 134 g/mol. The van der Waals surface area contributed by atoms with E-state index in [4.69, 9.17) is 0 Å². The van der Waals surface area contributed by atoms with Gasteiger partial charge in [-0.3, -0.25) is 0 Å². The van der Waals surface area contributed by atoms with Gasteiger partial charge in [0.15, 0.2) is 5.82 Å². The molecule has 0 unspecified atom stereocenters. The quantitative estimate of drug-likeness (QED) is 0.548. The lowest BCUT2D eigenvalue weighted by atomic mass is 9.96. The maximum absolute atomic E-state index is 4.01. The Kier molecular flexibility index (Phi) is 1.48. The molecule has 1 aromatic heterocycles. The zero-order chi connectivity index (χ0) is 6.91. The third-order valence-corrected chi connectivity index (χ3v) is 1.38. The first-order valence-electron chi connectivity index (χ1n) is 2.76. The molecule has 0 saturated heterocycles. The Labute approximate surface area is 58.4 Å². The van der Waals surface area contributed by atoms with Crippen molar-refractivity contribution in [1.82, 2.24) is 14.0 Å². The van der Waals surface area contributed by atoms with Crippen LogP contribution in [0.3, 0.4) is 0 Å². The molecule has 0 spiro atoms. The molecule has 0 fully saturated rings. The van der Waals surface area contributed by atoms with Crippen LogP contribution in [0, 0.1) is 0 Å². The van der Waals surface area contributed by atoms with Gasteiger partial charge in [0.1, 0.15) is 0 Å². The molecule has 9 heavy (non-hydrogen) atoms. The highest BCUT2D eigenvalue weighted by Crippen LogP contribution is 2.16. The SMILES string of the molecule is CC(C)(C)c1nnsn1. The van der Waals surface area contributed by atoms with E-state index < -0.39 is 0 Å². The van der Waals surface area contributed by atoms with Crippen LogP contribution in [-0.4, -0.2) is 14.0 Å². The van der Waals surface area contributed by atoms with Crippen molar-refractivity contribution in [2.75, 3.05) is 0 Å². The van der Waals surface area contributed by atoms with Crippen molar-refractivity contribution in [3.05, 3.63) is 5.82 Å². The molecule has 0 aliphatic heterocycles. The lowest BCUT2D eigenvalue weighted by Crippen LogP contribution is -2.12. The monoisotopic (exact) mass is 143 g/mol. The molecule has 0 bridgehead atoms. The summed E-state index contributed by atoms with van der Waals surface area (Å²) >= 11 is 1.16. The van der Waals surface area contributed by atoms with Crippen molar-refractivity contribution in [2.45, 2.75) is 26.2 Å². The minimum atomic E-state index is 0.0486. The number of hydrogen-bond acceptors (Lipinski definition) is 4. The van der Waals surface area contributed by atoms with Crippen LogP contribution in [0.25, 0.3) is 0 Å². The molecule has 0 aromatic carbocycles. The molecule has 0 aliphatic rings. The molecule has 0 N–H and O–H groups in total. The predicted molar refractivity (Wildman–Crippen MR) is 36.4 cm³/mol. The Hall–Kier alpha value is -0.510. The van der Waals surface area contributed by atoms with E-state index in [1.165, 1.54) is 0 Å². The van der Waals surface area contributed by atoms with Crippen LogP contribution in [0.2, 0.25) is 0 Å². The molecule has 0 amide bonds. The maximum atomic E-state index is 4.01. The Morgan fingerprint density at radius 1 is 1.33 bits per heavy atom. The molecule has 1 heterocycles. The van der Waals surface area contributed by atoms with Gasteiger partial charge in [0.05, 0.1) is 11.7 Å². The summed E-state index contributed by atoms with van der Waals surface area (Å²) in [5.74, 6) is 0.826. The molecule has 3 nitrogen and oxygen atoms in total. The van der Waals surface area contributed by atoms with Crippen molar-refractivity contribution >= 4 is 11.7 Å². The summed E-state index contributed by atoms with van der Waals surface area (Å²) in [7, 11) is 0. The first kappa shape index (κ1) is 6.61. The highest BCUT2D eigenvalue weighted by atomic mass is 32.1. The van der Waals surface area contributed by atoms with E-state index >= 15 is 0 Å². The van der Waals surface area contributed by atoms with Crippen molar-refractivity contribution in [3.63, 3.8) is 0 Å². The topological polar surface area (TPSA) is 38.7 Å². The Morgan fingerprint density at radius 3 is 2.22 bits per heavy atom. The van der Waals surface area contributed by atoms with Crippen molar-refractivity contribution in [1.29, 1.82) is 0 Å². The normalized spacial score (nSPS) is 11.9. The van der Waals surface area contributed by atoms with Crippen LogP contribution in [0.5, 0.6) is 0 Å². The van der Waals surface area contributed by atoms with Crippen molar-refractivity contribution in [3.8, 4) is 0 Å². The highest BCUT2D eigenvalue weighted by Gasteiger charge is 2.17. The predicted octanol–water partition coefficient (Wildman–Crippen LogP) is 1.23. The third kappa shape index (κ3) is 1.45. The highest BCUT2D eigenvalue weighted by molar-refractivity contribution is 6.98. The number of rotatable bonds is 0. The summed E-state index contributed by atoms with van der Waals surface area (Å²) in [6.07, 6.45) is 0. The summed E-state index contributed by atoms with van der Waals surface area (Å²) < 4.78 is 7.68. The van der Waals surface area contributed by atoms with Gasteiger partial charge in [0.25, 0.3) is 0 Å². The van der Waals surface area contributed by atoms with Gasteiger partial charge < -0.3 is 0 Å². The zero-order valence-corrected chi connectivity index (χ0v) is 6.57. The molecular formula is C5H9N3S. The number of nitrogens with zero attached hydrogens (tertiary/aromatic N) is 3. The fraction of sp³-hybridized carbons (Fsp3) is 0.800. The zero-order valence-electron chi connectivity index (χ0n) is 5.75. The minimum Gasteiger partial charge on any atom is -0.156 e. The van der Waals surface area contributed by atoms with E-state index in [0.717, 1.165) is 17.6 Å². The van der Waals surface area contributed by atoms with Crippen LogP contribution in [0.15, 0.2) is 0 Å². The summed E-state index contributed by atoms with van der Waals surface area (Å²) in [4.78, 5) is 0. The number of hydrogen-bond donors (Lipinski definition) is 0. The first-order valence-corrected chi connectivity index (χ1v) is 3.49. The van der Waals surface area contributed by atoms with E-state index in [-0.39, 0.29) is 5.41 Å². The molecule has 1 aromatic rings. The summed E-state index contributed by atoms with van der Waals surface area (Å²) in [6, 6.07) is 0. The molecule has 50 valence electrons. The average molecular weight is 143 g/mol. The van der Waals surface area contributed by atoms with Gasteiger partial charge in [-0.25, -0.2) is 0 Å². The van der Waals surface area contributed by atoms with E-state index in [0.29, 0.717) is 0 Å². The van der Waals surface area contributed by atoms with Crippen LogP contribution < -0.4 is 0 Å². The smallest absolute Gasteiger partial charge is 0.156 e. The molecule has 0 aliphatic carbocycles. The van der Waals surface area contributed by atoms with Crippen LogP contribution in [-0.2, 0) is 5.41 Å². The van der Waals surface area contributed by atoms with Gasteiger partial charge in [-0.05, 0) is 0 Å². The summed E-state index contributed by atoms with van der Waals surface area (Å²) in [5.41, 5.74) is 0.0486. The van der Waals surface area contributed by atoms with E-state index in [1.54, 1.807) is 0 Å². The van der Waals surface area contributed by atoms with Crippen LogP contribution >= 0.6 is 11.7 Å². The largest absolute Gasteiger partial charge is 0.171 e. The average Bonchev–Trinajstić information content (AvgIpc) is 2.08. The lowest BCUT2D eigenvalue weighted by molar-refractivity contribution is 0.549. The van der Waals surface area contributed by atoms with Gasteiger partial charge in [0.2, 0.25) is 0 Å². The van der Waals surface area contributed by atoms with E-state index in [9.17, 15) is 0 Å². The van der Waals surface area contributed by atoms with E-state index in [2.05, 4.69) is 34.7 Å². The molecule has 0 radical (unpaired) electrons. The Bertz CT molecular complexity index is 175. The van der Waals surface area contributed by atoms with Gasteiger partial charge in [-0.2, -0.15) is 4.37 Å². The van der Waals surface area contributed by atoms with E-state index in [1.807, 2.05) is 0 Å². The molecule has 1 rings (SSSR count). The van der Waals surface area contributed by atoms with Crippen LogP contribution in [0.1, 0.15) is 26.6 Å². The summed E-state index contributed by atoms with van der Waals surface area (Å²) in [5, 5.41) is 3.84. The molecule has 0 saturated carbocycles. The van der Waals surface area contributed by atoms with Crippen molar-refractivity contribution < 1.29 is 0 Å². The first-order chi connectivity index (χ1) is 4.11. The second-order valence-corrected chi connectivity index (χ2v) is 3.44. The van der Waals surface area contributed by atoms with Gasteiger partial charge in [-0.1, -0.05) is 25.3 Å². The minimum absolute atomic E-state index is 0.0486. The second kappa shape index (κ2) is 2.02. The Morgan fingerprint density at radius 2 is 2.00 bits per heavy atom. The van der Waals surface area contributed by atoms with Crippen LogP contribution in [0.4, 0.5) is 0 Å². The summed E-state index contributed by atoms with van der Waals surface area (Å²) in [6.45, 7) is 6.20. The van der Waals surface area contributed by atoms with Gasteiger partial charge in [-0.15, -0.1) is 5.10 Å². The standard InChI is InChI=1S/C5H9N3S/c1-5(2,3)4-6-8-9-7-4/h1-3H3. The number of aromatic nitrogens is 3. The maximum Gasteiger partial charge on any atom is 0.171 e. The Balaban J connectivity index is 2.90.